The third-order valence-electron chi connectivity index (χ3n) is 11.5. The molecule has 2 aromatic rings. The summed E-state index contributed by atoms with van der Waals surface area (Å²) >= 11 is 0. The van der Waals surface area contributed by atoms with E-state index in [2.05, 4.69) is 29.0 Å². The van der Waals surface area contributed by atoms with E-state index in [-0.39, 0.29) is 18.0 Å². The van der Waals surface area contributed by atoms with Gasteiger partial charge in [0.25, 0.3) is 0 Å². The number of fused-ring (bicyclic) bond motifs is 2. The number of rotatable bonds is 2. The minimum absolute atomic E-state index is 0.0555. The number of hydrogen-bond donors (Lipinski definition) is 4. The van der Waals surface area contributed by atoms with Gasteiger partial charge in [0.05, 0.1) is 11.7 Å². The van der Waals surface area contributed by atoms with E-state index < -0.39 is 34.4 Å². The SMILES string of the molecule is C[C@]12CC=C3C=C4CC[C@@H](N5CC(N)C5)[C@H](O)[C@]45CCC3(O5)[C@@H]1C[C@@H](O)[C@]2(O)c1ccc2ccncc2c1. The van der Waals surface area contributed by atoms with Crippen LogP contribution in [0.4, 0.5) is 0 Å². The lowest BCUT2D eigenvalue weighted by molar-refractivity contribution is -0.203. The fourth-order valence-electron chi connectivity index (χ4n) is 9.46. The topological polar surface area (TPSA) is 112 Å². The van der Waals surface area contributed by atoms with Crippen molar-refractivity contribution in [2.45, 2.75) is 86.5 Å². The van der Waals surface area contributed by atoms with Crippen LogP contribution in [0.15, 0.2) is 60.0 Å². The molecule has 2 bridgehead atoms. The molecule has 0 amide bonds. The fraction of sp³-hybridized carbons (Fsp3) is 0.581. The van der Waals surface area contributed by atoms with E-state index in [1.54, 1.807) is 6.20 Å². The number of nitrogens with zero attached hydrogens (tertiary/aromatic N) is 2. The first-order valence-corrected chi connectivity index (χ1v) is 14.3. The summed E-state index contributed by atoms with van der Waals surface area (Å²) in [6.07, 6.45) is 11.1. The maximum atomic E-state index is 12.5. The van der Waals surface area contributed by atoms with Crippen LogP contribution in [0.1, 0.15) is 51.0 Å². The number of hydrogen-bond acceptors (Lipinski definition) is 7. The predicted molar refractivity (Wildman–Crippen MR) is 143 cm³/mol. The quantitative estimate of drug-likeness (QED) is 0.486. The molecule has 2 spiro atoms. The van der Waals surface area contributed by atoms with Crippen LogP contribution >= 0.6 is 0 Å². The fourth-order valence-corrected chi connectivity index (χ4v) is 9.46. The van der Waals surface area contributed by atoms with Crippen LogP contribution in [0.3, 0.4) is 0 Å². The lowest BCUT2D eigenvalue weighted by atomic mass is 9.56. The Labute approximate surface area is 223 Å². The molecule has 8 atom stereocenters. The van der Waals surface area contributed by atoms with E-state index in [4.69, 9.17) is 10.5 Å². The summed E-state index contributed by atoms with van der Waals surface area (Å²) in [7, 11) is 0. The number of aromatic nitrogens is 1. The average molecular weight is 516 g/mol. The Hall–Kier alpha value is -2.13. The third kappa shape index (κ3) is 2.68. The van der Waals surface area contributed by atoms with Gasteiger partial charge in [-0.2, -0.15) is 0 Å². The highest BCUT2D eigenvalue weighted by Crippen LogP contribution is 2.70. The van der Waals surface area contributed by atoms with Crippen LogP contribution in [0.25, 0.3) is 10.8 Å². The molecule has 2 saturated carbocycles. The van der Waals surface area contributed by atoms with Crippen LogP contribution in [0, 0.1) is 11.3 Å². The second-order valence-corrected chi connectivity index (χ2v) is 13.1. The number of ether oxygens (including phenoxy) is 1. The Morgan fingerprint density at radius 3 is 2.74 bits per heavy atom. The number of benzene rings is 1. The zero-order valence-corrected chi connectivity index (χ0v) is 21.9. The Balaban J connectivity index is 1.21. The Morgan fingerprint density at radius 1 is 1.11 bits per heavy atom. The third-order valence-corrected chi connectivity index (χ3v) is 11.5. The molecular formula is C31H37N3O4. The van der Waals surface area contributed by atoms with Gasteiger partial charge < -0.3 is 25.8 Å². The number of allylic oxidation sites excluding steroid dienone is 1. The molecule has 7 nitrogen and oxygen atoms in total. The van der Waals surface area contributed by atoms with Gasteiger partial charge in [-0.25, -0.2) is 0 Å². The summed E-state index contributed by atoms with van der Waals surface area (Å²) in [5.41, 5.74) is 5.83. The molecule has 6 aliphatic rings. The van der Waals surface area contributed by atoms with Gasteiger partial charge in [-0.15, -0.1) is 0 Å². The van der Waals surface area contributed by atoms with Crippen molar-refractivity contribution in [1.29, 1.82) is 0 Å². The molecular weight excluding hydrogens is 478 g/mol. The van der Waals surface area contributed by atoms with E-state index in [0.717, 1.165) is 55.1 Å². The second kappa shape index (κ2) is 7.53. The number of pyridine rings is 1. The molecule has 5 N–H and O–H groups in total. The molecule has 0 radical (unpaired) electrons. The molecule has 8 rings (SSSR count). The van der Waals surface area contributed by atoms with Gasteiger partial charge in [-0.3, -0.25) is 9.88 Å². The van der Waals surface area contributed by atoms with Gasteiger partial charge >= 0.3 is 0 Å². The van der Waals surface area contributed by atoms with Gasteiger partial charge in [-0.05, 0) is 72.8 Å². The van der Waals surface area contributed by atoms with Gasteiger partial charge in [0.1, 0.15) is 17.3 Å². The summed E-state index contributed by atoms with van der Waals surface area (Å²) in [4.78, 5) is 6.59. The maximum Gasteiger partial charge on any atom is 0.121 e. The lowest BCUT2D eigenvalue weighted by Gasteiger charge is -2.57. The molecule has 3 aliphatic carbocycles. The normalized spacial score (nSPS) is 46.1. The van der Waals surface area contributed by atoms with Gasteiger partial charge in [0.2, 0.25) is 0 Å². The highest BCUT2D eigenvalue weighted by molar-refractivity contribution is 5.82. The monoisotopic (exact) mass is 515 g/mol. The first-order chi connectivity index (χ1) is 18.2. The second-order valence-electron chi connectivity index (χ2n) is 13.1. The van der Waals surface area contributed by atoms with Crippen LogP contribution < -0.4 is 5.73 Å². The smallest absolute Gasteiger partial charge is 0.121 e. The summed E-state index contributed by atoms with van der Waals surface area (Å²) in [6, 6.07) is 8.16. The molecule has 3 aliphatic heterocycles. The maximum absolute atomic E-state index is 12.5. The standard InChI is InChI=1S/C31H37N3O4/c1-28-8-6-21-13-20-4-5-24(34-16-23(32)17-34)27(36)30(20)10-9-29(21,38-30)25(28)14-26(35)31(28,37)22-3-2-18-7-11-33-15-19(18)12-22/h2-3,6-7,11-13,15,23-27,35-37H,4-5,8-10,14,16-17,32H2,1H3/t24-,25-,26-,27+,28+,29?,30+,31-/m1/s1. The van der Waals surface area contributed by atoms with Crippen molar-refractivity contribution < 1.29 is 20.1 Å². The molecule has 2 saturated heterocycles. The Bertz CT molecular complexity index is 1400. The predicted octanol–water partition coefficient (Wildman–Crippen LogP) is 2.53. The highest BCUT2D eigenvalue weighted by Gasteiger charge is 2.73. The number of nitrogens with two attached hydrogens (primary N) is 1. The van der Waals surface area contributed by atoms with E-state index in [1.165, 1.54) is 11.1 Å². The van der Waals surface area contributed by atoms with E-state index >= 15 is 0 Å². The van der Waals surface area contributed by atoms with Gasteiger partial charge in [-0.1, -0.05) is 31.2 Å². The van der Waals surface area contributed by atoms with Gasteiger partial charge in [0, 0.05) is 54.3 Å². The molecule has 1 unspecified atom stereocenters. The molecule has 200 valence electrons. The largest absolute Gasteiger partial charge is 0.390 e. The first kappa shape index (κ1) is 23.7. The number of aliphatic hydroxyl groups excluding tert-OH is 2. The molecule has 38 heavy (non-hydrogen) atoms. The van der Waals surface area contributed by atoms with Crippen molar-refractivity contribution in [2.75, 3.05) is 13.1 Å². The molecule has 7 heteroatoms. The van der Waals surface area contributed by atoms with Crippen LogP contribution in [-0.2, 0) is 10.3 Å². The highest BCUT2D eigenvalue weighted by atomic mass is 16.5. The van der Waals surface area contributed by atoms with Crippen molar-refractivity contribution in [1.82, 2.24) is 9.88 Å². The Kier molecular flexibility index (Phi) is 4.70. The summed E-state index contributed by atoms with van der Waals surface area (Å²) in [5, 5.41) is 37.9. The van der Waals surface area contributed by atoms with Crippen molar-refractivity contribution in [2.24, 2.45) is 17.1 Å². The molecule has 4 heterocycles. The van der Waals surface area contributed by atoms with Crippen molar-refractivity contribution in [3.8, 4) is 0 Å². The summed E-state index contributed by atoms with van der Waals surface area (Å²) < 4.78 is 7.22. The zero-order chi connectivity index (χ0) is 26.1. The van der Waals surface area contributed by atoms with Crippen LogP contribution in [0.2, 0.25) is 0 Å². The molecule has 4 fully saturated rings. The zero-order valence-electron chi connectivity index (χ0n) is 21.9. The van der Waals surface area contributed by atoms with E-state index in [1.807, 2.05) is 30.5 Å². The average Bonchev–Trinajstić information content (AvgIpc) is 3.34. The van der Waals surface area contributed by atoms with Crippen LogP contribution in [-0.4, -0.2) is 73.8 Å². The first-order valence-electron chi connectivity index (χ1n) is 14.3. The molecule has 1 aromatic carbocycles. The number of likely N-dealkylation sites (tertiary alicyclic amines) is 1. The minimum Gasteiger partial charge on any atom is -0.390 e. The molecule has 1 aromatic heterocycles. The van der Waals surface area contributed by atoms with Gasteiger partial charge in [0.15, 0.2) is 0 Å². The van der Waals surface area contributed by atoms with Crippen molar-refractivity contribution in [3.63, 3.8) is 0 Å². The van der Waals surface area contributed by atoms with E-state index in [0.29, 0.717) is 12.8 Å². The lowest BCUT2D eigenvalue weighted by Crippen LogP contribution is -2.68. The number of aliphatic hydroxyl groups is 3. The minimum atomic E-state index is -1.43. The van der Waals surface area contributed by atoms with Crippen molar-refractivity contribution in [3.05, 3.63) is 65.5 Å². The summed E-state index contributed by atoms with van der Waals surface area (Å²) in [6.45, 7) is 3.78. The van der Waals surface area contributed by atoms with E-state index in [9.17, 15) is 15.3 Å². The summed E-state index contributed by atoms with van der Waals surface area (Å²) in [5.74, 6) is -0.0817. The Morgan fingerprint density at radius 2 is 1.92 bits per heavy atom. The van der Waals surface area contributed by atoms with Crippen molar-refractivity contribution >= 4 is 10.8 Å². The van der Waals surface area contributed by atoms with Crippen LogP contribution in [0.5, 0.6) is 0 Å².